The highest BCUT2D eigenvalue weighted by Gasteiger charge is 2.50. The van der Waals surface area contributed by atoms with E-state index in [0.29, 0.717) is 51.5 Å². The van der Waals surface area contributed by atoms with Crippen LogP contribution in [0.1, 0.15) is 96.5 Å². The Morgan fingerprint density at radius 2 is 1.63 bits per heavy atom. The van der Waals surface area contributed by atoms with Gasteiger partial charge >= 0.3 is 11.8 Å². The maximum absolute atomic E-state index is 14.9. The number of phenolic OH excluding ortho intramolecular Hbond substituents is 2. The number of phenols is 2. The van der Waals surface area contributed by atoms with Crippen LogP contribution < -0.4 is 20.8 Å². The van der Waals surface area contributed by atoms with Gasteiger partial charge in [-0.25, -0.2) is 0 Å². The number of methoxy groups -OCH3 is 1. The van der Waals surface area contributed by atoms with Gasteiger partial charge in [0, 0.05) is 107 Å². The third-order valence-corrected chi connectivity index (χ3v) is 14.8. The van der Waals surface area contributed by atoms with Crippen LogP contribution in [0.4, 0.5) is 5.69 Å². The number of hydrogen-bond acceptors (Lipinski definition) is 16. The number of hydrogen-bond donors (Lipinski definition) is 5. The van der Waals surface area contributed by atoms with Crippen molar-refractivity contribution < 1.29 is 58.6 Å². The number of amides is 2. The number of piperidine rings is 1. The minimum atomic E-state index is -2.00. The summed E-state index contributed by atoms with van der Waals surface area (Å²) in [5.41, 5.74) is -0.672. The molecule has 5 bridgehead atoms. The largest absolute Gasteiger partial charge is 0.507 e. The molecule has 1 spiro atoms. The quantitative estimate of drug-likeness (QED) is 0.156. The van der Waals surface area contributed by atoms with Gasteiger partial charge < -0.3 is 59.4 Å². The van der Waals surface area contributed by atoms with Crippen molar-refractivity contribution in [2.24, 2.45) is 33.7 Å². The molecule has 2 aromatic rings. The number of rotatable bonds is 6. The minimum absolute atomic E-state index is 0.0137. The molecule has 18 nitrogen and oxygen atoms in total. The molecule has 6 aliphatic rings. The van der Waals surface area contributed by atoms with E-state index in [1.165, 1.54) is 26.4 Å². The maximum Gasteiger partial charge on any atom is 0.315 e. The molecular formula is C52H72N6O12. The number of ketones is 1. The van der Waals surface area contributed by atoms with Crippen LogP contribution in [0.2, 0.25) is 0 Å². The van der Waals surface area contributed by atoms with E-state index < -0.39 is 83.4 Å². The van der Waals surface area contributed by atoms with Crippen molar-refractivity contribution >= 4 is 40.0 Å². The summed E-state index contributed by atoms with van der Waals surface area (Å²) in [6.45, 7) is 18.8. The van der Waals surface area contributed by atoms with Crippen LogP contribution in [0, 0.1) is 30.6 Å². The average Bonchev–Trinajstić information content (AvgIpc) is 3.71. The van der Waals surface area contributed by atoms with Crippen molar-refractivity contribution in [1.29, 1.82) is 0 Å². The van der Waals surface area contributed by atoms with E-state index in [4.69, 9.17) is 28.9 Å². The molecule has 382 valence electrons. The van der Waals surface area contributed by atoms with E-state index in [-0.39, 0.29) is 67.7 Å². The number of aliphatic hydroxyl groups excluding tert-OH is 2. The number of aliphatic hydroxyl groups is 2. The number of carbonyl (C=O) groups is 4. The van der Waals surface area contributed by atoms with Crippen molar-refractivity contribution in [3.63, 3.8) is 0 Å². The smallest absolute Gasteiger partial charge is 0.315 e. The second-order valence-electron chi connectivity index (χ2n) is 20.6. The Labute approximate surface area is 409 Å². The average molecular weight is 973 g/mol. The molecule has 5 N–H and O–H groups in total. The molecule has 18 heteroatoms. The van der Waals surface area contributed by atoms with Crippen LogP contribution in [0.15, 0.2) is 46.1 Å². The molecule has 8 rings (SSSR count). The molecule has 2 aromatic carbocycles. The fourth-order valence-corrected chi connectivity index (χ4v) is 10.3. The fourth-order valence-electron chi connectivity index (χ4n) is 10.3. The van der Waals surface area contributed by atoms with Crippen LogP contribution in [-0.2, 0) is 28.6 Å². The first-order chi connectivity index (χ1) is 33.1. The number of ether oxygens (including phenoxy) is 4. The molecule has 70 heavy (non-hydrogen) atoms. The Bertz CT molecular complexity index is 2590. The Kier molecular flexibility index (Phi) is 15.8. The second kappa shape index (κ2) is 21.1. The molecular weight excluding hydrogens is 901 g/mol. The number of nitrogens with zero attached hydrogens (tertiary/aromatic N) is 5. The number of aromatic hydroxyl groups is 2. The molecule has 0 saturated carbocycles. The summed E-state index contributed by atoms with van der Waals surface area (Å²) in [7, 11) is 3.42. The van der Waals surface area contributed by atoms with Crippen LogP contribution in [0.25, 0.3) is 10.8 Å². The summed E-state index contributed by atoms with van der Waals surface area (Å²) < 4.78 is 24.3. The van der Waals surface area contributed by atoms with Crippen molar-refractivity contribution in [2.45, 2.75) is 123 Å². The number of anilines is 1. The number of carbonyl (C=O) groups excluding carboxylic acids is 4. The van der Waals surface area contributed by atoms with Gasteiger partial charge in [-0.15, -0.1) is 0 Å². The third-order valence-electron chi connectivity index (χ3n) is 14.8. The lowest BCUT2D eigenvalue weighted by Crippen LogP contribution is -2.44. The molecule has 0 aliphatic carbocycles. The lowest BCUT2D eigenvalue weighted by Gasteiger charge is -2.36. The van der Waals surface area contributed by atoms with Gasteiger partial charge in [0.25, 0.3) is 11.7 Å². The van der Waals surface area contributed by atoms with Crippen LogP contribution in [-0.4, -0.2) is 155 Å². The Balaban J connectivity index is 1.29. The lowest BCUT2D eigenvalue weighted by atomic mass is 9.81. The summed E-state index contributed by atoms with van der Waals surface area (Å²) in [4.78, 5) is 72.3. The maximum atomic E-state index is 14.9. The van der Waals surface area contributed by atoms with Gasteiger partial charge in [-0.1, -0.05) is 52.8 Å². The Morgan fingerprint density at radius 3 is 2.31 bits per heavy atom. The molecule has 6 aliphatic heterocycles. The predicted octanol–water partition coefficient (Wildman–Crippen LogP) is 4.04. The minimum Gasteiger partial charge on any atom is -0.507 e. The van der Waals surface area contributed by atoms with E-state index in [2.05, 4.69) is 29.0 Å². The zero-order valence-corrected chi connectivity index (χ0v) is 42.3. The molecule has 2 unspecified atom stereocenters. The van der Waals surface area contributed by atoms with E-state index in [9.17, 15) is 39.6 Å². The van der Waals surface area contributed by atoms with E-state index in [0.717, 1.165) is 19.5 Å². The van der Waals surface area contributed by atoms with Gasteiger partial charge in [-0.2, -0.15) is 0 Å². The zero-order chi connectivity index (χ0) is 51.0. The SMILES string of the molecule is CO[C@H]1/C=C/O[C@@]2(C)Oc3c(C)c(O)c4c(O)c(c5c(c4c3C2=O)=NC2(CCN(CC(C)C)CC2)N=5)NC(=O)/C(C)=C\C=C\C(C)[C@H](O)[C@@H](C)C(O)[C@@H](C)[C@H](OC(=O)CC(=O)N2CCCN(C)CC2)C1. The highest BCUT2D eigenvalue weighted by molar-refractivity contribution is 6.19. The van der Waals surface area contributed by atoms with Crippen molar-refractivity contribution in [2.75, 3.05) is 65.3 Å². The first kappa shape index (κ1) is 52.4. The monoisotopic (exact) mass is 973 g/mol. The third kappa shape index (κ3) is 10.6. The van der Waals surface area contributed by atoms with Gasteiger partial charge in [0.15, 0.2) is 11.4 Å². The number of benzene rings is 2. The number of likely N-dealkylation sites (N-methyl/N-ethyl adjacent to an activating group) is 1. The highest BCUT2D eigenvalue weighted by atomic mass is 16.7. The van der Waals surface area contributed by atoms with Crippen LogP contribution in [0.3, 0.4) is 0 Å². The summed E-state index contributed by atoms with van der Waals surface area (Å²) in [5, 5.41) is 50.7. The van der Waals surface area contributed by atoms with Gasteiger partial charge in [0.2, 0.25) is 5.91 Å². The summed E-state index contributed by atoms with van der Waals surface area (Å²) in [6, 6.07) is 0. The molecule has 2 fully saturated rings. The number of esters is 1. The number of fused-ring (bicyclic) bond motifs is 13. The highest BCUT2D eigenvalue weighted by Crippen LogP contribution is 2.50. The van der Waals surface area contributed by atoms with E-state index in [1.807, 2.05) is 7.05 Å². The number of nitrogens with one attached hydrogen (secondary N) is 1. The van der Waals surface area contributed by atoms with Crippen molar-refractivity contribution in [3.8, 4) is 17.2 Å². The number of likely N-dealkylation sites (tertiary alicyclic amines) is 1. The Hall–Kier alpha value is -5.40. The lowest BCUT2D eigenvalue weighted by molar-refractivity contribution is -0.160. The molecule has 2 amide bonds. The zero-order valence-electron chi connectivity index (χ0n) is 42.3. The topological polar surface area (TPSA) is 233 Å². The summed E-state index contributed by atoms with van der Waals surface area (Å²) in [6.07, 6.45) is 4.74. The Morgan fingerprint density at radius 1 is 0.929 bits per heavy atom. The van der Waals surface area contributed by atoms with E-state index >= 15 is 0 Å². The van der Waals surface area contributed by atoms with Crippen molar-refractivity contribution in [1.82, 2.24) is 14.7 Å². The number of allylic oxidation sites excluding steroid dienone is 2. The predicted molar refractivity (Wildman–Crippen MR) is 261 cm³/mol. The molecule has 0 aromatic heterocycles. The first-order valence-electron chi connectivity index (χ1n) is 24.6. The summed E-state index contributed by atoms with van der Waals surface area (Å²) in [5.74, 6) is -6.86. The normalized spacial score (nSPS) is 30.7. The van der Waals surface area contributed by atoms with Gasteiger partial charge in [0.1, 0.15) is 35.1 Å². The van der Waals surface area contributed by atoms with Crippen molar-refractivity contribution in [3.05, 3.63) is 58.0 Å². The first-order valence-corrected chi connectivity index (χ1v) is 24.6. The molecule has 0 radical (unpaired) electrons. The van der Waals surface area contributed by atoms with Gasteiger partial charge in [0.05, 0.1) is 40.9 Å². The standard InChI is InChI=1S/C52H72N6O12/c1-28(2)27-57-20-16-52(17-21-57)54-41-38-39-46(63)33(7)48-40(38)49(65)51(8,70-48)68-24-15-34(67-10)25-35(69-37(60)26-36(59)58-19-12-18-56(9)22-23-58)31(5)45(62)32(6)44(61)29(3)13-11-14-30(4)50(66)53-43(47(39)64)42(41)55-52/h11,13-15,24,28-29,31-32,34-35,44-45,61-64H,12,16-23,25-27H2,1-10H3,(H,53,66)/b13-11+,24-15+,30-14-/t29?,31-,32+,34-,35+,44-,45?,51-/m0/s1. The molecule has 2 saturated heterocycles. The molecule has 6 heterocycles. The van der Waals surface area contributed by atoms with Crippen LogP contribution >= 0.6 is 0 Å². The van der Waals surface area contributed by atoms with Crippen LogP contribution in [0.5, 0.6) is 17.2 Å². The van der Waals surface area contributed by atoms with Gasteiger partial charge in [-0.05, 0) is 45.9 Å². The molecule has 8 atom stereocenters. The fraction of sp³-hybridized carbons (Fsp3) is 0.615. The summed E-state index contributed by atoms with van der Waals surface area (Å²) >= 11 is 0. The van der Waals surface area contributed by atoms with Gasteiger partial charge in [-0.3, -0.25) is 29.2 Å². The second-order valence-corrected chi connectivity index (χ2v) is 20.6. The number of Topliss-reactive ketones (excluding diaryl/α,β-unsaturated/α-hetero) is 1. The van der Waals surface area contributed by atoms with E-state index in [1.54, 1.807) is 57.7 Å².